The predicted octanol–water partition coefficient (Wildman–Crippen LogP) is 2.73. The van der Waals surface area contributed by atoms with Gasteiger partial charge in [0.15, 0.2) is 0 Å². The Bertz CT molecular complexity index is 244. The third-order valence-corrected chi connectivity index (χ3v) is 3.81. The van der Waals surface area contributed by atoms with Gasteiger partial charge < -0.3 is 10.1 Å². The summed E-state index contributed by atoms with van der Waals surface area (Å²) in [6.07, 6.45) is 2.69. The van der Waals surface area contributed by atoms with Crippen molar-refractivity contribution in [2.24, 2.45) is 11.3 Å². The standard InChI is InChI=1S/C13H24BrNO2/c1-13(2,3)11(4-7-14)15-12(16)10-5-8-17-9-6-10/h10-11H,4-9H2,1-3H3,(H,15,16). The van der Waals surface area contributed by atoms with E-state index in [1.807, 2.05) is 0 Å². The molecule has 0 spiro atoms. The third kappa shape index (κ3) is 4.96. The van der Waals surface area contributed by atoms with Crippen LogP contribution < -0.4 is 5.32 Å². The number of hydrogen-bond donors (Lipinski definition) is 1. The Labute approximate surface area is 113 Å². The molecule has 0 aromatic rings. The summed E-state index contributed by atoms with van der Waals surface area (Å²) in [5.41, 5.74) is 0.106. The number of carbonyl (C=O) groups excluding carboxylic acids is 1. The number of halogens is 1. The van der Waals surface area contributed by atoms with Crippen molar-refractivity contribution in [3.63, 3.8) is 0 Å². The van der Waals surface area contributed by atoms with Gasteiger partial charge in [-0.1, -0.05) is 36.7 Å². The molecule has 0 saturated carbocycles. The lowest BCUT2D eigenvalue weighted by molar-refractivity contribution is -0.129. The van der Waals surface area contributed by atoms with Crippen molar-refractivity contribution in [1.82, 2.24) is 5.32 Å². The second-order valence-electron chi connectivity index (χ2n) is 5.79. The molecule has 0 aliphatic carbocycles. The van der Waals surface area contributed by atoms with Crippen molar-refractivity contribution in [2.45, 2.75) is 46.1 Å². The van der Waals surface area contributed by atoms with Crippen LogP contribution in [0.1, 0.15) is 40.0 Å². The number of hydrogen-bond acceptors (Lipinski definition) is 2. The van der Waals surface area contributed by atoms with E-state index in [0.29, 0.717) is 0 Å². The average molecular weight is 306 g/mol. The molecule has 17 heavy (non-hydrogen) atoms. The van der Waals surface area contributed by atoms with E-state index in [0.717, 1.165) is 37.8 Å². The van der Waals surface area contributed by atoms with Gasteiger partial charge in [0, 0.05) is 30.5 Å². The van der Waals surface area contributed by atoms with Gasteiger partial charge in [-0.25, -0.2) is 0 Å². The highest BCUT2D eigenvalue weighted by Crippen LogP contribution is 2.24. The average Bonchev–Trinajstić information content (AvgIpc) is 2.28. The van der Waals surface area contributed by atoms with Gasteiger partial charge >= 0.3 is 0 Å². The smallest absolute Gasteiger partial charge is 0.223 e. The van der Waals surface area contributed by atoms with E-state index in [4.69, 9.17) is 4.74 Å². The molecule has 3 nitrogen and oxygen atoms in total. The highest BCUT2D eigenvalue weighted by atomic mass is 79.9. The minimum Gasteiger partial charge on any atom is -0.381 e. The summed E-state index contributed by atoms with van der Waals surface area (Å²) in [4.78, 5) is 12.1. The van der Waals surface area contributed by atoms with Gasteiger partial charge in [0.25, 0.3) is 0 Å². The quantitative estimate of drug-likeness (QED) is 0.811. The number of ether oxygens (including phenoxy) is 1. The Morgan fingerprint density at radius 2 is 2.00 bits per heavy atom. The minimum atomic E-state index is 0.106. The van der Waals surface area contributed by atoms with E-state index in [9.17, 15) is 4.79 Å². The molecule has 1 amide bonds. The van der Waals surface area contributed by atoms with Crippen molar-refractivity contribution in [1.29, 1.82) is 0 Å². The molecule has 1 aliphatic heterocycles. The van der Waals surface area contributed by atoms with Crippen molar-refractivity contribution in [3.05, 3.63) is 0 Å². The van der Waals surface area contributed by atoms with Crippen LogP contribution in [0.4, 0.5) is 0 Å². The van der Waals surface area contributed by atoms with E-state index < -0.39 is 0 Å². The summed E-state index contributed by atoms with van der Waals surface area (Å²) in [6.45, 7) is 7.95. The number of carbonyl (C=O) groups is 1. The summed E-state index contributed by atoms with van der Waals surface area (Å²) >= 11 is 3.46. The van der Waals surface area contributed by atoms with E-state index in [2.05, 4.69) is 42.0 Å². The van der Waals surface area contributed by atoms with Crippen LogP contribution in [0.3, 0.4) is 0 Å². The van der Waals surface area contributed by atoms with Crippen LogP contribution in [-0.2, 0) is 9.53 Å². The Kier molecular flexibility index (Phi) is 5.93. The van der Waals surface area contributed by atoms with Gasteiger partial charge in [-0.05, 0) is 24.7 Å². The molecule has 4 heteroatoms. The van der Waals surface area contributed by atoms with Crippen LogP contribution in [-0.4, -0.2) is 30.5 Å². The number of amides is 1. The van der Waals surface area contributed by atoms with Crippen molar-refractivity contribution < 1.29 is 9.53 Å². The van der Waals surface area contributed by atoms with Crippen LogP contribution in [0, 0.1) is 11.3 Å². The highest BCUT2D eigenvalue weighted by Gasteiger charge is 2.29. The zero-order valence-corrected chi connectivity index (χ0v) is 12.7. The molecule has 0 aromatic heterocycles. The Morgan fingerprint density at radius 1 is 1.41 bits per heavy atom. The summed E-state index contributed by atoms with van der Waals surface area (Å²) in [5.74, 6) is 0.345. The number of rotatable bonds is 4. The van der Waals surface area contributed by atoms with Gasteiger partial charge in [-0.3, -0.25) is 4.79 Å². The maximum absolute atomic E-state index is 12.1. The lowest BCUT2D eigenvalue weighted by Crippen LogP contribution is -2.47. The van der Waals surface area contributed by atoms with Crippen molar-refractivity contribution in [3.8, 4) is 0 Å². The summed E-state index contributed by atoms with van der Waals surface area (Å²) < 4.78 is 5.28. The summed E-state index contributed by atoms with van der Waals surface area (Å²) in [5, 5.41) is 4.12. The second kappa shape index (κ2) is 6.74. The van der Waals surface area contributed by atoms with Gasteiger partial charge in [0.05, 0.1) is 0 Å². The summed E-state index contributed by atoms with van der Waals surface area (Å²) in [6, 6.07) is 0.234. The Morgan fingerprint density at radius 3 is 2.47 bits per heavy atom. The van der Waals surface area contributed by atoms with Gasteiger partial charge in [0.2, 0.25) is 5.91 Å². The molecule has 1 saturated heterocycles. The molecule has 100 valence electrons. The van der Waals surface area contributed by atoms with Crippen molar-refractivity contribution >= 4 is 21.8 Å². The van der Waals surface area contributed by atoms with E-state index in [-0.39, 0.29) is 23.3 Å². The lowest BCUT2D eigenvalue weighted by atomic mass is 9.84. The van der Waals surface area contributed by atoms with Crippen LogP contribution in [0.2, 0.25) is 0 Å². The van der Waals surface area contributed by atoms with E-state index in [1.165, 1.54) is 0 Å². The third-order valence-electron chi connectivity index (χ3n) is 3.35. The maximum Gasteiger partial charge on any atom is 0.223 e. The van der Waals surface area contributed by atoms with Crippen LogP contribution in [0.15, 0.2) is 0 Å². The molecule has 1 unspecified atom stereocenters. The molecule has 1 rings (SSSR count). The molecule has 0 bridgehead atoms. The van der Waals surface area contributed by atoms with Gasteiger partial charge in [0.1, 0.15) is 0 Å². The normalized spacial score (nSPS) is 20.0. The summed E-state index contributed by atoms with van der Waals surface area (Å²) in [7, 11) is 0. The monoisotopic (exact) mass is 305 g/mol. The number of alkyl halides is 1. The molecule has 1 fully saturated rings. The zero-order chi connectivity index (χ0) is 12.9. The maximum atomic E-state index is 12.1. The Hall–Kier alpha value is -0.0900. The van der Waals surface area contributed by atoms with Crippen LogP contribution in [0.5, 0.6) is 0 Å². The Balaban J connectivity index is 2.51. The molecule has 1 N–H and O–H groups in total. The van der Waals surface area contributed by atoms with E-state index in [1.54, 1.807) is 0 Å². The predicted molar refractivity (Wildman–Crippen MR) is 73.3 cm³/mol. The first kappa shape index (κ1) is 15.0. The first-order valence-electron chi connectivity index (χ1n) is 6.39. The fourth-order valence-corrected chi connectivity index (χ4v) is 2.54. The molecular formula is C13H24BrNO2. The molecule has 1 atom stereocenters. The lowest BCUT2D eigenvalue weighted by Gasteiger charge is -2.33. The van der Waals surface area contributed by atoms with Gasteiger partial charge in [-0.2, -0.15) is 0 Å². The van der Waals surface area contributed by atoms with Crippen LogP contribution >= 0.6 is 15.9 Å². The fraction of sp³-hybridized carbons (Fsp3) is 0.923. The SMILES string of the molecule is CC(C)(C)C(CCBr)NC(=O)C1CCOCC1. The second-order valence-corrected chi connectivity index (χ2v) is 6.58. The first-order valence-corrected chi connectivity index (χ1v) is 7.51. The molecule has 1 heterocycles. The number of nitrogens with one attached hydrogen (secondary N) is 1. The molecular weight excluding hydrogens is 282 g/mol. The molecule has 0 radical (unpaired) electrons. The molecule has 1 aliphatic rings. The topological polar surface area (TPSA) is 38.3 Å². The highest BCUT2D eigenvalue weighted by molar-refractivity contribution is 9.09. The van der Waals surface area contributed by atoms with Crippen molar-refractivity contribution in [2.75, 3.05) is 18.5 Å². The minimum absolute atomic E-state index is 0.106. The van der Waals surface area contributed by atoms with Gasteiger partial charge in [-0.15, -0.1) is 0 Å². The molecule has 0 aromatic carbocycles. The largest absolute Gasteiger partial charge is 0.381 e. The van der Waals surface area contributed by atoms with E-state index >= 15 is 0 Å². The first-order chi connectivity index (χ1) is 7.95. The fourth-order valence-electron chi connectivity index (χ4n) is 2.08. The van der Waals surface area contributed by atoms with Crippen LogP contribution in [0.25, 0.3) is 0 Å². The zero-order valence-electron chi connectivity index (χ0n) is 11.1.